The van der Waals surface area contributed by atoms with Gasteiger partial charge in [-0.3, -0.25) is 4.79 Å². The first-order valence-corrected chi connectivity index (χ1v) is 7.33. The lowest BCUT2D eigenvalue weighted by Gasteiger charge is -2.18. The maximum absolute atomic E-state index is 12.1. The molecule has 0 spiro atoms. The molecule has 5 heteroatoms. The molecule has 1 saturated heterocycles. The van der Waals surface area contributed by atoms with Gasteiger partial charge in [0.05, 0.1) is 12.2 Å². The first-order valence-electron chi connectivity index (χ1n) is 7.33. The Morgan fingerprint density at radius 1 is 1.50 bits per heavy atom. The van der Waals surface area contributed by atoms with Crippen molar-refractivity contribution < 1.29 is 9.53 Å². The fraction of sp³-hybridized carbons (Fsp3) is 0.667. The number of likely N-dealkylation sites (tertiary alicyclic amines) is 1. The van der Waals surface area contributed by atoms with Crippen molar-refractivity contribution in [2.24, 2.45) is 5.92 Å². The zero-order valence-corrected chi connectivity index (χ0v) is 12.5. The molecule has 0 bridgehead atoms. The highest BCUT2D eigenvalue weighted by Gasteiger charge is 2.28. The second-order valence-electron chi connectivity index (χ2n) is 5.60. The SMILES string of the molecule is CCC(C)CC(=O)N1CCC(Oc2ccc(C)nn2)C1. The van der Waals surface area contributed by atoms with Gasteiger partial charge < -0.3 is 9.64 Å². The quantitative estimate of drug-likeness (QED) is 0.828. The molecule has 20 heavy (non-hydrogen) atoms. The predicted molar refractivity (Wildman–Crippen MR) is 76.5 cm³/mol. The van der Waals surface area contributed by atoms with Crippen molar-refractivity contribution >= 4 is 5.91 Å². The van der Waals surface area contributed by atoms with Crippen LogP contribution in [0, 0.1) is 12.8 Å². The summed E-state index contributed by atoms with van der Waals surface area (Å²) in [4.78, 5) is 14.0. The Morgan fingerprint density at radius 3 is 2.95 bits per heavy atom. The Morgan fingerprint density at radius 2 is 2.30 bits per heavy atom. The molecule has 2 atom stereocenters. The van der Waals surface area contributed by atoms with E-state index in [1.165, 1.54) is 0 Å². The van der Waals surface area contributed by atoms with Crippen molar-refractivity contribution in [1.82, 2.24) is 15.1 Å². The van der Waals surface area contributed by atoms with Gasteiger partial charge in [-0.1, -0.05) is 20.3 Å². The second kappa shape index (κ2) is 6.68. The van der Waals surface area contributed by atoms with E-state index < -0.39 is 0 Å². The summed E-state index contributed by atoms with van der Waals surface area (Å²) in [6, 6.07) is 3.70. The molecule has 1 aliphatic rings. The molecule has 0 radical (unpaired) electrons. The van der Waals surface area contributed by atoms with Crippen molar-refractivity contribution in [2.75, 3.05) is 13.1 Å². The smallest absolute Gasteiger partial charge is 0.233 e. The van der Waals surface area contributed by atoms with Gasteiger partial charge >= 0.3 is 0 Å². The number of nitrogens with zero attached hydrogens (tertiary/aromatic N) is 3. The molecule has 0 N–H and O–H groups in total. The van der Waals surface area contributed by atoms with Gasteiger partial charge in [-0.05, 0) is 18.9 Å². The Hall–Kier alpha value is -1.65. The lowest BCUT2D eigenvalue weighted by atomic mass is 10.0. The molecule has 1 fully saturated rings. The molecule has 0 aromatic carbocycles. The van der Waals surface area contributed by atoms with Gasteiger partial charge in [-0.2, -0.15) is 5.10 Å². The molecule has 1 amide bonds. The fourth-order valence-corrected chi connectivity index (χ4v) is 2.24. The van der Waals surface area contributed by atoms with Gasteiger partial charge in [0.25, 0.3) is 0 Å². The molecule has 2 unspecified atom stereocenters. The van der Waals surface area contributed by atoms with Crippen molar-refractivity contribution in [2.45, 2.75) is 46.1 Å². The van der Waals surface area contributed by atoms with E-state index in [2.05, 4.69) is 24.0 Å². The van der Waals surface area contributed by atoms with Crippen LogP contribution in [0.2, 0.25) is 0 Å². The summed E-state index contributed by atoms with van der Waals surface area (Å²) in [5.41, 5.74) is 0.870. The van der Waals surface area contributed by atoms with Crippen LogP contribution >= 0.6 is 0 Å². The number of aryl methyl sites for hydroxylation is 1. The topological polar surface area (TPSA) is 55.3 Å². The second-order valence-corrected chi connectivity index (χ2v) is 5.60. The average Bonchev–Trinajstić information content (AvgIpc) is 2.90. The fourth-order valence-electron chi connectivity index (χ4n) is 2.24. The highest BCUT2D eigenvalue weighted by atomic mass is 16.5. The minimum absolute atomic E-state index is 0.0351. The summed E-state index contributed by atoms with van der Waals surface area (Å²) >= 11 is 0. The van der Waals surface area contributed by atoms with Gasteiger partial charge in [0.2, 0.25) is 11.8 Å². The largest absolute Gasteiger partial charge is 0.471 e. The molecule has 0 aliphatic carbocycles. The third kappa shape index (κ3) is 3.92. The van der Waals surface area contributed by atoms with E-state index in [1.807, 2.05) is 24.0 Å². The van der Waals surface area contributed by atoms with Crippen LogP contribution in [0.25, 0.3) is 0 Å². The van der Waals surface area contributed by atoms with E-state index in [0.717, 1.165) is 25.1 Å². The van der Waals surface area contributed by atoms with Crippen LogP contribution < -0.4 is 4.74 Å². The normalized spacial score (nSPS) is 19.9. The zero-order valence-electron chi connectivity index (χ0n) is 12.5. The van der Waals surface area contributed by atoms with Crippen LogP contribution in [0.4, 0.5) is 0 Å². The van der Waals surface area contributed by atoms with E-state index in [1.54, 1.807) is 0 Å². The van der Waals surface area contributed by atoms with E-state index >= 15 is 0 Å². The number of hydrogen-bond acceptors (Lipinski definition) is 4. The Kier molecular flexibility index (Phi) is 4.93. The lowest BCUT2D eigenvalue weighted by Crippen LogP contribution is -2.31. The van der Waals surface area contributed by atoms with Crippen LogP contribution in [0.15, 0.2) is 12.1 Å². The third-order valence-corrected chi connectivity index (χ3v) is 3.78. The lowest BCUT2D eigenvalue weighted by molar-refractivity contribution is -0.131. The Labute approximate surface area is 120 Å². The zero-order chi connectivity index (χ0) is 14.5. The standard InChI is InChI=1S/C15H23N3O2/c1-4-11(2)9-15(19)18-8-7-13(10-18)20-14-6-5-12(3)16-17-14/h5-6,11,13H,4,7-10H2,1-3H3. The molecule has 1 aliphatic heterocycles. The van der Waals surface area contributed by atoms with Crippen LogP contribution in [0.1, 0.15) is 38.8 Å². The van der Waals surface area contributed by atoms with E-state index in [4.69, 9.17) is 4.74 Å². The van der Waals surface area contributed by atoms with E-state index in [-0.39, 0.29) is 12.0 Å². The number of ether oxygens (including phenoxy) is 1. The van der Waals surface area contributed by atoms with Gasteiger partial charge in [0.15, 0.2) is 0 Å². The Bertz CT molecular complexity index is 447. The summed E-state index contributed by atoms with van der Waals surface area (Å²) in [6.07, 6.45) is 2.57. The van der Waals surface area contributed by atoms with E-state index in [9.17, 15) is 4.79 Å². The monoisotopic (exact) mass is 277 g/mol. The number of hydrogen-bond donors (Lipinski definition) is 0. The van der Waals surface area contributed by atoms with Crippen molar-refractivity contribution in [3.63, 3.8) is 0 Å². The summed E-state index contributed by atoms with van der Waals surface area (Å²) in [7, 11) is 0. The van der Waals surface area contributed by atoms with E-state index in [0.29, 0.717) is 24.8 Å². The summed E-state index contributed by atoms with van der Waals surface area (Å²) in [5, 5.41) is 7.97. The molecule has 0 saturated carbocycles. The maximum Gasteiger partial charge on any atom is 0.233 e. The molecular weight excluding hydrogens is 254 g/mol. The molecule has 2 heterocycles. The van der Waals surface area contributed by atoms with Crippen LogP contribution in [0.3, 0.4) is 0 Å². The third-order valence-electron chi connectivity index (χ3n) is 3.78. The van der Waals surface area contributed by atoms with Gasteiger partial charge in [-0.25, -0.2) is 0 Å². The molecule has 2 rings (SSSR count). The predicted octanol–water partition coefficient (Wildman–Crippen LogP) is 2.20. The summed E-state index contributed by atoms with van der Waals surface area (Å²) in [5.74, 6) is 1.22. The summed E-state index contributed by atoms with van der Waals surface area (Å²) in [6.45, 7) is 7.56. The van der Waals surface area contributed by atoms with Crippen LogP contribution in [-0.4, -0.2) is 40.2 Å². The minimum atomic E-state index is 0.0351. The molecular formula is C15H23N3O2. The van der Waals surface area contributed by atoms with Crippen molar-refractivity contribution in [1.29, 1.82) is 0 Å². The molecule has 110 valence electrons. The number of amides is 1. The van der Waals surface area contributed by atoms with Crippen LogP contribution in [-0.2, 0) is 4.79 Å². The van der Waals surface area contributed by atoms with Gasteiger partial charge in [0, 0.05) is 25.5 Å². The number of carbonyl (C=O) groups excluding carboxylic acids is 1. The molecule has 1 aromatic rings. The number of carbonyl (C=O) groups is 1. The van der Waals surface area contributed by atoms with Crippen molar-refractivity contribution in [3.8, 4) is 5.88 Å². The average molecular weight is 277 g/mol. The van der Waals surface area contributed by atoms with Gasteiger partial charge in [-0.15, -0.1) is 5.10 Å². The number of rotatable bonds is 5. The number of aromatic nitrogens is 2. The highest BCUT2D eigenvalue weighted by Crippen LogP contribution is 2.18. The van der Waals surface area contributed by atoms with Gasteiger partial charge in [0.1, 0.15) is 6.10 Å². The molecule has 5 nitrogen and oxygen atoms in total. The maximum atomic E-state index is 12.1. The minimum Gasteiger partial charge on any atom is -0.471 e. The Balaban J connectivity index is 1.83. The first kappa shape index (κ1) is 14.8. The van der Waals surface area contributed by atoms with Crippen LogP contribution in [0.5, 0.6) is 5.88 Å². The first-order chi connectivity index (χ1) is 9.58. The summed E-state index contributed by atoms with van der Waals surface area (Å²) < 4.78 is 5.77. The molecule has 1 aromatic heterocycles. The highest BCUT2D eigenvalue weighted by molar-refractivity contribution is 5.76. The van der Waals surface area contributed by atoms with Crippen molar-refractivity contribution in [3.05, 3.63) is 17.8 Å².